The van der Waals surface area contributed by atoms with Crippen molar-refractivity contribution < 1.29 is 8.42 Å². The Kier molecular flexibility index (Phi) is 4.93. The Bertz CT molecular complexity index is 687. The maximum Gasteiger partial charge on any atom is 0.246 e. The summed E-state index contributed by atoms with van der Waals surface area (Å²) in [5.41, 5.74) is 0.942. The molecule has 21 heavy (non-hydrogen) atoms. The van der Waals surface area contributed by atoms with Gasteiger partial charge < -0.3 is 5.32 Å². The molecular weight excluding hydrogens is 286 g/mol. The van der Waals surface area contributed by atoms with Gasteiger partial charge in [0.25, 0.3) is 0 Å². The van der Waals surface area contributed by atoms with Gasteiger partial charge in [0.05, 0.1) is 0 Å². The summed E-state index contributed by atoms with van der Waals surface area (Å²) < 4.78 is 26.7. The van der Waals surface area contributed by atoms with Gasteiger partial charge in [0.1, 0.15) is 10.7 Å². The number of pyridine rings is 1. The Hall–Kier alpha value is -1.92. The number of hydrogen-bond acceptors (Lipinski definition) is 4. The molecule has 2 rings (SSSR count). The number of sulfonamides is 1. The van der Waals surface area contributed by atoms with Crippen molar-refractivity contribution in [2.24, 2.45) is 0 Å². The van der Waals surface area contributed by atoms with Gasteiger partial charge in [-0.05, 0) is 24.6 Å². The van der Waals surface area contributed by atoms with Crippen LogP contribution in [0.4, 0.5) is 5.82 Å². The van der Waals surface area contributed by atoms with E-state index >= 15 is 0 Å². The summed E-state index contributed by atoms with van der Waals surface area (Å²) in [6, 6.07) is 12.7. The first-order valence-electron chi connectivity index (χ1n) is 6.75. The van der Waals surface area contributed by atoms with Crippen molar-refractivity contribution >= 4 is 15.8 Å². The summed E-state index contributed by atoms with van der Waals surface area (Å²) in [6.45, 7) is 2.84. The maximum atomic E-state index is 12.7. The van der Waals surface area contributed by atoms with E-state index in [0.717, 1.165) is 5.56 Å². The van der Waals surface area contributed by atoms with Crippen LogP contribution in [0.2, 0.25) is 0 Å². The minimum Gasteiger partial charge on any atom is -0.369 e. The Morgan fingerprint density at radius 1 is 1.14 bits per heavy atom. The van der Waals surface area contributed by atoms with Gasteiger partial charge in [-0.25, -0.2) is 13.4 Å². The van der Waals surface area contributed by atoms with Crippen LogP contribution in [0.5, 0.6) is 0 Å². The minimum absolute atomic E-state index is 0.199. The lowest BCUT2D eigenvalue weighted by Gasteiger charge is -2.19. The second-order valence-corrected chi connectivity index (χ2v) is 6.64. The number of benzene rings is 1. The second kappa shape index (κ2) is 6.69. The predicted octanol–water partition coefficient (Wildman–Crippen LogP) is 2.33. The van der Waals surface area contributed by atoms with Crippen molar-refractivity contribution in [3.8, 4) is 0 Å². The third-order valence-electron chi connectivity index (χ3n) is 3.05. The Morgan fingerprint density at radius 3 is 2.52 bits per heavy atom. The van der Waals surface area contributed by atoms with Crippen molar-refractivity contribution in [2.45, 2.75) is 18.4 Å². The summed E-state index contributed by atoms with van der Waals surface area (Å²) in [5, 5.41) is 2.98. The Morgan fingerprint density at radius 2 is 1.86 bits per heavy atom. The molecule has 6 heteroatoms. The lowest BCUT2D eigenvalue weighted by Crippen LogP contribution is -2.27. The lowest BCUT2D eigenvalue weighted by molar-refractivity contribution is 0.467. The zero-order valence-electron chi connectivity index (χ0n) is 12.2. The molecule has 0 amide bonds. The minimum atomic E-state index is -3.58. The molecule has 0 aliphatic heterocycles. The van der Waals surface area contributed by atoms with Gasteiger partial charge in [-0.15, -0.1) is 0 Å². The number of nitrogens with zero attached hydrogens (tertiary/aromatic N) is 2. The van der Waals surface area contributed by atoms with E-state index in [-0.39, 0.29) is 4.90 Å². The highest BCUT2D eigenvalue weighted by atomic mass is 32.2. The number of nitrogens with one attached hydrogen (secondary N) is 1. The van der Waals surface area contributed by atoms with Gasteiger partial charge in [0.15, 0.2) is 0 Å². The molecule has 1 N–H and O–H groups in total. The quantitative estimate of drug-likeness (QED) is 0.890. The molecule has 0 saturated heterocycles. The molecule has 0 bridgehead atoms. The molecule has 0 radical (unpaired) electrons. The van der Waals surface area contributed by atoms with Crippen molar-refractivity contribution in [3.05, 3.63) is 54.2 Å². The van der Waals surface area contributed by atoms with Crippen LogP contribution in [0.25, 0.3) is 0 Å². The van der Waals surface area contributed by atoms with Gasteiger partial charge in [-0.3, -0.25) is 0 Å². The molecule has 0 fully saturated rings. The van der Waals surface area contributed by atoms with Gasteiger partial charge in [-0.1, -0.05) is 30.3 Å². The van der Waals surface area contributed by atoms with Gasteiger partial charge in [-0.2, -0.15) is 4.31 Å². The van der Waals surface area contributed by atoms with Gasteiger partial charge in [0.2, 0.25) is 10.0 Å². The van der Waals surface area contributed by atoms with E-state index < -0.39 is 10.0 Å². The van der Waals surface area contributed by atoms with E-state index in [0.29, 0.717) is 18.9 Å². The molecule has 0 aliphatic carbocycles. The first kappa shape index (κ1) is 15.5. The molecule has 0 atom stereocenters. The summed E-state index contributed by atoms with van der Waals surface area (Å²) in [4.78, 5) is 4.31. The second-order valence-electron chi connectivity index (χ2n) is 4.63. The number of hydrogen-bond donors (Lipinski definition) is 1. The van der Waals surface area contributed by atoms with Crippen molar-refractivity contribution in [1.29, 1.82) is 0 Å². The van der Waals surface area contributed by atoms with E-state index in [2.05, 4.69) is 10.3 Å². The average molecular weight is 305 g/mol. The highest BCUT2D eigenvalue weighted by molar-refractivity contribution is 7.89. The van der Waals surface area contributed by atoms with Gasteiger partial charge >= 0.3 is 0 Å². The van der Waals surface area contributed by atoms with E-state index in [1.807, 2.05) is 37.3 Å². The third kappa shape index (κ3) is 3.59. The third-order valence-corrected chi connectivity index (χ3v) is 4.89. The fourth-order valence-corrected chi connectivity index (χ4v) is 3.27. The van der Waals surface area contributed by atoms with E-state index in [9.17, 15) is 8.42 Å². The molecule has 2 aromatic rings. The fraction of sp³-hybridized carbons (Fsp3) is 0.267. The molecule has 112 valence electrons. The zero-order valence-corrected chi connectivity index (χ0v) is 13.0. The van der Waals surface area contributed by atoms with Crippen LogP contribution in [-0.4, -0.2) is 31.3 Å². The monoisotopic (exact) mass is 305 g/mol. The Balaban J connectivity index is 2.29. The normalized spacial score (nSPS) is 11.6. The molecule has 0 spiro atoms. The Labute approximate surface area is 125 Å². The number of anilines is 1. The summed E-state index contributed by atoms with van der Waals surface area (Å²) in [6.07, 6.45) is 1.58. The van der Waals surface area contributed by atoms with Crippen LogP contribution >= 0.6 is 0 Å². The highest BCUT2D eigenvalue weighted by Gasteiger charge is 2.24. The standard InChI is InChI=1S/C15H19N3O2S/c1-3-16-15-14(10-7-11-17-15)21(19,20)18(2)12-13-8-5-4-6-9-13/h4-11H,3,12H2,1-2H3,(H,16,17). The number of rotatable bonds is 6. The van der Waals surface area contributed by atoms with Crippen LogP contribution in [-0.2, 0) is 16.6 Å². The largest absolute Gasteiger partial charge is 0.369 e. The lowest BCUT2D eigenvalue weighted by atomic mass is 10.2. The smallest absolute Gasteiger partial charge is 0.246 e. The first-order valence-corrected chi connectivity index (χ1v) is 8.19. The van der Waals surface area contributed by atoms with Crippen LogP contribution < -0.4 is 5.32 Å². The summed E-state index contributed by atoms with van der Waals surface area (Å²) in [5.74, 6) is 0.389. The molecule has 1 aromatic heterocycles. The molecule has 0 saturated carbocycles. The molecule has 0 aliphatic rings. The molecule has 1 aromatic carbocycles. The fourth-order valence-electron chi connectivity index (χ4n) is 1.99. The van der Waals surface area contributed by atoms with E-state index in [1.54, 1.807) is 25.4 Å². The first-order chi connectivity index (χ1) is 10.1. The van der Waals surface area contributed by atoms with Crippen LogP contribution in [0.1, 0.15) is 12.5 Å². The average Bonchev–Trinajstić information content (AvgIpc) is 2.49. The number of aromatic nitrogens is 1. The zero-order chi connectivity index (χ0) is 15.3. The molecule has 1 heterocycles. The topological polar surface area (TPSA) is 62.3 Å². The van der Waals surface area contributed by atoms with Crippen molar-refractivity contribution in [1.82, 2.24) is 9.29 Å². The van der Waals surface area contributed by atoms with E-state index in [4.69, 9.17) is 0 Å². The van der Waals surface area contributed by atoms with Crippen LogP contribution in [0, 0.1) is 0 Å². The molecule has 5 nitrogen and oxygen atoms in total. The SMILES string of the molecule is CCNc1ncccc1S(=O)(=O)N(C)Cc1ccccc1. The predicted molar refractivity (Wildman–Crippen MR) is 83.5 cm³/mol. The summed E-state index contributed by atoms with van der Waals surface area (Å²) >= 11 is 0. The van der Waals surface area contributed by atoms with Crippen molar-refractivity contribution in [2.75, 3.05) is 18.9 Å². The molecular formula is C15H19N3O2S. The summed E-state index contributed by atoms with van der Waals surface area (Å²) in [7, 11) is -2.01. The molecule has 0 unspecified atom stereocenters. The maximum absolute atomic E-state index is 12.7. The van der Waals surface area contributed by atoms with Gasteiger partial charge in [0, 0.05) is 26.3 Å². The van der Waals surface area contributed by atoms with E-state index in [1.165, 1.54) is 4.31 Å². The van der Waals surface area contributed by atoms with Crippen LogP contribution in [0.3, 0.4) is 0 Å². The highest BCUT2D eigenvalue weighted by Crippen LogP contribution is 2.22. The van der Waals surface area contributed by atoms with Crippen LogP contribution in [0.15, 0.2) is 53.6 Å². The van der Waals surface area contributed by atoms with Crippen molar-refractivity contribution in [3.63, 3.8) is 0 Å².